The van der Waals surface area contributed by atoms with Gasteiger partial charge in [-0.1, -0.05) is 177 Å². The van der Waals surface area contributed by atoms with Crippen molar-refractivity contribution >= 4 is 19.8 Å². The van der Waals surface area contributed by atoms with E-state index in [1.54, 1.807) is 30.4 Å². The monoisotopic (exact) mass is 867 g/mol. The van der Waals surface area contributed by atoms with Crippen LogP contribution in [0.3, 0.4) is 0 Å². The number of carbonyl (C=O) groups is 2. The van der Waals surface area contributed by atoms with Crippen molar-refractivity contribution in [3.8, 4) is 0 Å². The van der Waals surface area contributed by atoms with Crippen molar-refractivity contribution in [1.29, 1.82) is 0 Å². The second kappa shape index (κ2) is 39.2. The third kappa shape index (κ3) is 42.1. The third-order valence-electron chi connectivity index (χ3n) is 9.43. The van der Waals surface area contributed by atoms with Gasteiger partial charge in [0, 0.05) is 12.8 Å². The molecule has 0 saturated heterocycles. The van der Waals surface area contributed by atoms with Crippen LogP contribution in [0.1, 0.15) is 155 Å². The lowest BCUT2D eigenvalue weighted by molar-refractivity contribution is -0.870. The Morgan fingerprint density at radius 2 is 1.20 bits per heavy atom. The second-order valence-corrected chi connectivity index (χ2v) is 17.9. The maximum absolute atomic E-state index is 12.7. The van der Waals surface area contributed by atoms with E-state index in [2.05, 4.69) is 13.8 Å². The topological polar surface area (TPSA) is 149 Å². The summed E-state index contributed by atoms with van der Waals surface area (Å²) in [4.78, 5) is 35.4. The lowest BCUT2D eigenvalue weighted by Gasteiger charge is -2.24. The van der Waals surface area contributed by atoms with Crippen LogP contribution in [0.25, 0.3) is 0 Å². The maximum Gasteiger partial charge on any atom is 0.472 e. The first kappa shape index (κ1) is 57.4. The van der Waals surface area contributed by atoms with E-state index in [9.17, 15) is 29.3 Å². The summed E-state index contributed by atoms with van der Waals surface area (Å²) in [6, 6.07) is 0. The number of phosphoric acid groups is 1. The quantitative estimate of drug-likeness (QED) is 0.0136. The molecule has 0 aliphatic carbocycles. The first-order valence-corrected chi connectivity index (χ1v) is 24.4. The minimum Gasteiger partial charge on any atom is -0.462 e. The number of esters is 2. The Labute approximate surface area is 364 Å². The minimum absolute atomic E-state index is 0.00865. The first-order valence-electron chi connectivity index (χ1n) is 22.9. The Morgan fingerprint density at radius 1 is 0.633 bits per heavy atom. The Bertz CT molecular complexity index is 1290. The average Bonchev–Trinajstić information content (AvgIpc) is 3.19. The van der Waals surface area contributed by atoms with Gasteiger partial charge in [0.15, 0.2) is 6.10 Å². The number of unbranched alkanes of at least 4 members (excludes halogenated alkanes) is 15. The molecule has 0 bridgehead atoms. The zero-order valence-electron chi connectivity index (χ0n) is 38.1. The molecule has 0 aromatic carbocycles. The average molecular weight is 867 g/mol. The molecule has 11 nitrogen and oxygen atoms in total. The summed E-state index contributed by atoms with van der Waals surface area (Å²) in [5.74, 6) is -0.984. The van der Waals surface area contributed by atoms with E-state index >= 15 is 0 Å². The van der Waals surface area contributed by atoms with Gasteiger partial charge in [-0.25, -0.2) is 4.57 Å². The molecule has 0 saturated carbocycles. The molecular weight excluding hydrogens is 781 g/mol. The highest BCUT2D eigenvalue weighted by molar-refractivity contribution is 7.47. The summed E-state index contributed by atoms with van der Waals surface area (Å²) in [7, 11) is 1.34. The van der Waals surface area contributed by atoms with E-state index < -0.39 is 44.7 Å². The Hall–Kier alpha value is -2.63. The normalized spacial score (nSPS) is 15.3. The summed E-state index contributed by atoms with van der Waals surface area (Å²) >= 11 is 0. The van der Waals surface area contributed by atoms with Crippen LogP contribution in [0.2, 0.25) is 0 Å². The van der Waals surface area contributed by atoms with Crippen molar-refractivity contribution in [2.75, 3.05) is 47.5 Å². The van der Waals surface area contributed by atoms with Gasteiger partial charge in [-0.3, -0.25) is 18.6 Å². The van der Waals surface area contributed by atoms with E-state index in [1.807, 2.05) is 63.7 Å². The molecule has 0 rings (SSSR count). The predicted octanol–water partition coefficient (Wildman–Crippen LogP) is 11.0. The number of ether oxygens (including phenoxy) is 2. The third-order valence-corrected chi connectivity index (χ3v) is 10.4. The van der Waals surface area contributed by atoms with Gasteiger partial charge in [0.05, 0.1) is 40.0 Å². The molecule has 0 radical (unpaired) electrons. The van der Waals surface area contributed by atoms with Crippen LogP contribution in [-0.2, 0) is 32.7 Å². The lowest BCUT2D eigenvalue weighted by Crippen LogP contribution is -2.37. The lowest BCUT2D eigenvalue weighted by atomic mass is 10.0. The highest BCUT2D eigenvalue weighted by atomic mass is 31.2. The summed E-state index contributed by atoms with van der Waals surface area (Å²) in [6.07, 6.45) is 41.7. The van der Waals surface area contributed by atoms with Crippen molar-refractivity contribution in [3.63, 3.8) is 0 Å². The Balaban J connectivity index is 4.60. The van der Waals surface area contributed by atoms with Gasteiger partial charge < -0.3 is 29.1 Å². The molecule has 0 aliphatic rings. The fourth-order valence-corrected chi connectivity index (χ4v) is 6.55. The largest absolute Gasteiger partial charge is 0.472 e. The summed E-state index contributed by atoms with van der Waals surface area (Å²) in [5, 5.41) is 20.1. The van der Waals surface area contributed by atoms with E-state index in [0.29, 0.717) is 43.1 Å². The molecule has 60 heavy (non-hydrogen) atoms. The van der Waals surface area contributed by atoms with Crippen LogP contribution >= 0.6 is 7.82 Å². The molecule has 4 atom stereocenters. The second-order valence-electron chi connectivity index (χ2n) is 16.5. The van der Waals surface area contributed by atoms with E-state index in [4.69, 9.17) is 18.5 Å². The van der Waals surface area contributed by atoms with E-state index in [1.165, 1.54) is 70.6 Å². The van der Waals surface area contributed by atoms with E-state index in [-0.39, 0.29) is 26.1 Å². The molecule has 0 aromatic heterocycles. The highest BCUT2D eigenvalue weighted by Gasteiger charge is 2.27. The summed E-state index contributed by atoms with van der Waals surface area (Å²) < 4.78 is 34.1. The van der Waals surface area contributed by atoms with Crippen LogP contribution in [-0.4, -0.2) is 97.3 Å². The molecule has 0 fully saturated rings. The minimum atomic E-state index is -4.43. The van der Waals surface area contributed by atoms with Gasteiger partial charge >= 0.3 is 19.8 Å². The van der Waals surface area contributed by atoms with Crippen molar-refractivity contribution < 1.29 is 52.3 Å². The molecular formula is C48H85NO10P+. The highest BCUT2D eigenvalue weighted by Crippen LogP contribution is 2.43. The predicted molar refractivity (Wildman–Crippen MR) is 245 cm³/mol. The molecule has 3 N–H and O–H groups in total. The van der Waals surface area contributed by atoms with Gasteiger partial charge in [-0.2, -0.15) is 0 Å². The number of rotatable bonds is 40. The standard InChI is InChI=1S/C48H84NO10P/c1-6-8-10-11-12-13-14-15-16-17-18-19-23-26-32-38-47(52)56-42-46(43-58-60(54,55)57-41-40-49(3,4)5)59-48(53)39-33-27-31-37-45(51)36-30-25-22-20-21-24-29-35-44(50)34-28-9-7-2/h9,21-22,24-25,28-31,35-37,44-46,50-51H,6-8,10-20,23,26-27,32-34,38-43H2,1-5H3/p+1/b24-21-,25-22-,28-9-,35-29+,36-30+,37-31-/t44-,45-,46+/m0/s1. The number of quaternary nitrogens is 1. The van der Waals surface area contributed by atoms with Gasteiger partial charge in [-0.05, 0) is 38.5 Å². The van der Waals surface area contributed by atoms with Crippen molar-refractivity contribution in [1.82, 2.24) is 0 Å². The molecule has 0 heterocycles. The molecule has 12 heteroatoms. The SMILES string of the molecule is CC/C=C\C[C@H](O)/C=C/C=C\C/C=C\C=C\[C@H](O)/C=C\CCCC(=O)O[C@H](COC(=O)CCCCCCCCCCCCCCCCC)COP(=O)(O)OCC[N+](C)(C)C. The molecule has 0 spiro atoms. The molecule has 0 aliphatic heterocycles. The molecule has 1 unspecified atom stereocenters. The van der Waals surface area contributed by atoms with Crippen LogP contribution in [0, 0.1) is 0 Å². The van der Waals surface area contributed by atoms with Crippen LogP contribution in [0.4, 0.5) is 0 Å². The molecule has 0 aromatic rings. The molecule has 0 amide bonds. The number of phosphoric ester groups is 1. The van der Waals surface area contributed by atoms with Crippen LogP contribution < -0.4 is 0 Å². The Kier molecular flexibility index (Phi) is 37.5. The number of aliphatic hydroxyl groups excluding tert-OH is 2. The number of allylic oxidation sites excluding steroid dienone is 8. The number of hydrogen-bond acceptors (Lipinski definition) is 9. The summed E-state index contributed by atoms with van der Waals surface area (Å²) in [6.45, 7) is 4.00. The number of nitrogens with zero attached hydrogens (tertiary/aromatic N) is 1. The Morgan fingerprint density at radius 3 is 1.78 bits per heavy atom. The van der Waals surface area contributed by atoms with Gasteiger partial charge in [0.25, 0.3) is 0 Å². The van der Waals surface area contributed by atoms with Crippen molar-refractivity contribution in [2.45, 2.75) is 173 Å². The smallest absolute Gasteiger partial charge is 0.462 e. The summed E-state index contributed by atoms with van der Waals surface area (Å²) in [5.41, 5.74) is 0. The maximum atomic E-state index is 12.7. The van der Waals surface area contributed by atoms with Crippen LogP contribution in [0.5, 0.6) is 0 Å². The number of aliphatic hydroxyl groups is 2. The fourth-order valence-electron chi connectivity index (χ4n) is 5.81. The molecule has 346 valence electrons. The zero-order valence-corrected chi connectivity index (χ0v) is 39.0. The van der Waals surface area contributed by atoms with Gasteiger partial charge in [0.2, 0.25) is 0 Å². The number of likely N-dealkylation sites (N-methyl/N-ethyl adjacent to an activating group) is 1. The van der Waals surface area contributed by atoms with E-state index in [0.717, 1.165) is 25.7 Å². The van der Waals surface area contributed by atoms with Crippen molar-refractivity contribution in [3.05, 3.63) is 72.9 Å². The number of hydrogen-bond donors (Lipinski definition) is 3. The first-order chi connectivity index (χ1) is 28.8. The fraction of sp³-hybridized carbons (Fsp3) is 0.708. The van der Waals surface area contributed by atoms with Crippen molar-refractivity contribution in [2.24, 2.45) is 0 Å². The van der Waals surface area contributed by atoms with Crippen LogP contribution in [0.15, 0.2) is 72.9 Å². The number of carbonyl (C=O) groups excluding carboxylic acids is 2. The van der Waals surface area contributed by atoms with Gasteiger partial charge in [0.1, 0.15) is 19.8 Å². The zero-order chi connectivity index (χ0) is 44.6. The van der Waals surface area contributed by atoms with Gasteiger partial charge in [-0.15, -0.1) is 0 Å².